The molecular formula is C19H23N7O2. The fourth-order valence-corrected chi connectivity index (χ4v) is 4.47. The van der Waals surface area contributed by atoms with Crippen LogP contribution < -0.4 is 16.0 Å². The Kier molecular flexibility index (Phi) is 3.85. The number of aromatic nitrogens is 6. The van der Waals surface area contributed by atoms with Crippen molar-refractivity contribution in [1.29, 1.82) is 0 Å². The van der Waals surface area contributed by atoms with Crippen LogP contribution in [0.5, 0.6) is 0 Å². The molecule has 9 nitrogen and oxygen atoms in total. The number of fused-ring (bicyclic) bond motifs is 2. The lowest BCUT2D eigenvalue weighted by Gasteiger charge is -2.27. The Bertz CT molecular complexity index is 1190. The van der Waals surface area contributed by atoms with Gasteiger partial charge < -0.3 is 4.90 Å². The lowest BCUT2D eigenvalue weighted by Crippen LogP contribution is -2.40. The lowest BCUT2D eigenvalue weighted by atomic mass is 10.2. The van der Waals surface area contributed by atoms with Crippen LogP contribution in [0.1, 0.15) is 30.5 Å². The van der Waals surface area contributed by atoms with Gasteiger partial charge in [0.25, 0.3) is 11.1 Å². The molecule has 1 aliphatic carbocycles. The first-order valence-corrected chi connectivity index (χ1v) is 9.78. The Morgan fingerprint density at radius 3 is 2.89 bits per heavy atom. The van der Waals surface area contributed by atoms with E-state index in [0.29, 0.717) is 23.5 Å². The zero-order valence-corrected chi connectivity index (χ0v) is 16.1. The SMILES string of the molecule is Cn1c(N2CCCC2Cn2nc3c(cc2=O)CCC3)nc2c(cnn2C)c1=O. The molecule has 4 heterocycles. The van der Waals surface area contributed by atoms with E-state index in [4.69, 9.17) is 4.98 Å². The normalized spacial score (nSPS) is 18.9. The summed E-state index contributed by atoms with van der Waals surface area (Å²) in [5, 5.41) is 9.29. The van der Waals surface area contributed by atoms with Crippen LogP contribution in [0.3, 0.4) is 0 Å². The monoisotopic (exact) mass is 381 g/mol. The zero-order valence-electron chi connectivity index (χ0n) is 16.1. The van der Waals surface area contributed by atoms with Gasteiger partial charge in [-0.05, 0) is 37.7 Å². The van der Waals surface area contributed by atoms with E-state index in [9.17, 15) is 9.59 Å². The fourth-order valence-electron chi connectivity index (χ4n) is 4.47. The number of nitrogens with zero attached hydrogens (tertiary/aromatic N) is 7. The molecule has 0 N–H and O–H groups in total. The summed E-state index contributed by atoms with van der Waals surface area (Å²) in [4.78, 5) is 32.1. The molecule has 146 valence electrons. The number of hydrogen-bond acceptors (Lipinski definition) is 6. The van der Waals surface area contributed by atoms with Gasteiger partial charge in [-0.15, -0.1) is 0 Å². The molecule has 1 unspecified atom stereocenters. The second-order valence-electron chi connectivity index (χ2n) is 7.76. The minimum atomic E-state index is -0.105. The van der Waals surface area contributed by atoms with Crippen molar-refractivity contribution in [3.63, 3.8) is 0 Å². The van der Waals surface area contributed by atoms with Crippen LogP contribution >= 0.6 is 0 Å². The van der Waals surface area contributed by atoms with Gasteiger partial charge in [0.15, 0.2) is 5.65 Å². The van der Waals surface area contributed by atoms with Crippen molar-refractivity contribution in [2.45, 2.75) is 44.7 Å². The first-order chi connectivity index (χ1) is 13.5. The maximum atomic E-state index is 12.7. The number of hydrogen-bond donors (Lipinski definition) is 0. The first kappa shape index (κ1) is 17.2. The van der Waals surface area contributed by atoms with Crippen molar-refractivity contribution < 1.29 is 0 Å². The molecule has 0 spiro atoms. The highest BCUT2D eigenvalue weighted by molar-refractivity contribution is 5.74. The summed E-state index contributed by atoms with van der Waals surface area (Å²) in [6.07, 6.45) is 6.44. The van der Waals surface area contributed by atoms with Crippen LogP contribution in [-0.2, 0) is 33.5 Å². The molecule has 3 aromatic heterocycles. The van der Waals surface area contributed by atoms with Gasteiger partial charge in [0, 0.05) is 26.7 Å². The van der Waals surface area contributed by atoms with Crippen LogP contribution in [0.15, 0.2) is 21.9 Å². The van der Waals surface area contributed by atoms with Crippen molar-refractivity contribution in [2.24, 2.45) is 14.1 Å². The summed E-state index contributed by atoms with van der Waals surface area (Å²) in [7, 11) is 3.53. The van der Waals surface area contributed by atoms with Gasteiger partial charge in [-0.2, -0.15) is 15.2 Å². The van der Waals surface area contributed by atoms with Crippen molar-refractivity contribution >= 4 is 17.0 Å². The van der Waals surface area contributed by atoms with Crippen LogP contribution in [0.4, 0.5) is 5.95 Å². The second kappa shape index (κ2) is 6.29. The molecule has 0 saturated carbocycles. The van der Waals surface area contributed by atoms with E-state index in [-0.39, 0.29) is 17.2 Å². The molecule has 2 aliphatic rings. The van der Waals surface area contributed by atoms with Crippen molar-refractivity contribution in [2.75, 3.05) is 11.4 Å². The quantitative estimate of drug-likeness (QED) is 0.652. The fraction of sp³-hybridized carbons (Fsp3) is 0.526. The highest BCUT2D eigenvalue weighted by atomic mass is 16.1. The summed E-state index contributed by atoms with van der Waals surface area (Å²) >= 11 is 0. The standard InChI is InChI=1S/C19H23N7O2/c1-23-18(28)14-10-20-24(2)17(14)21-19(23)25-8-4-6-13(25)11-26-16(27)9-12-5-3-7-15(12)22-26/h9-10,13H,3-8,11H2,1-2H3. The first-order valence-electron chi connectivity index (χ1n) is 9.78. The largest absolute Gasteiger partial charge is 0.337 e. The Balaban J connectivity index is 1.52. The maximum Gasteiger partial charge on any atom is 0.267 e. The number of anilines is 1. The molecule has 0 radical (unpaired) electrons. The van der Waals surface area contributed by atoms with Crippen LogP contribution in [0.2, 0.25) is 0 Å². The molecule has 3 aromatic rings. The molecule has 1 saturated heterocycles. The topological polar surface area (TPSA) is 90.8 Å². The highest BCUT2D eigenvalue weighted by Crippen LogP contribution is 2.25. The number of rotatable bonds is 3. The summed E-state index contributed by atoms with van der Waals surface area (Å²) < 4.78 is 4.80. The van der Waals surface area contributed by atoms with Gasteiger partial charge in [0.2, 0.25) is 5.95 Å². The van der Waals surface area contributed by atoms with E-state index < -0.39 is 0 Å². The van der Waals surface area contributed by atoms with Crippen molar-refractivity contribution in [3.8, 4) is 0 Å². The van der Waals surface area contributed by atoms with Crippen molar-refractivity contribution in [1.82, 2.24) is 29.1 Å². The minimum Gasteiger partial charge on any atom is -0.337 e. The third kappa shape index (κ3) is 2.56. The molecule has 0 aromatic carbocycles. The molecule has 9 heteroatoms. The summed E-state index contributed by atoms with van der Waals surface area (Å²) in [5.41, 5.74) is 2.57. The van der Waals surface area contributed by atoms with Gasteiger partial charge in [-0.1, -0.05) is 0 Å². The third-order valence-electron chi connectivity index (χ3n) is 5.99. The average molecular weight is 381 g/mol. The predicted octanol–water partition coefficient (Wildman–Crippen LogP) is 0.381. The lowest BCUT2D eigenvalue weighted by molar-refractivity contribution is 0.477. The smallest absolute Gasteiger partial charge is 0.267 e. The van der Waals surface area contributed by atoms with E-state index >= 15 is 0 Å². The second-order valence-corrected chi connectivity index (χ2v) is 7.76. The van der Waals surface area contributed by atoms with Crippen LogP contribution in [0, 0.1) is 0 Å². The minimum absolute atomic E-state index is 0.0450. The number of aryl methyl sites for hydroxylation is 3. The molecule has 1 fully saturated rings. The van der Waals surface area contributed by atoms with E-state index in [1.165, 1.54) is 0 Å². The summed E-state index contributed by atoms with van der Waals surface area (Å²) in [6.45, 7) is 1.30. The Labute approximate surface area is 161 Å². The highest BCUT2D eigenvalue weighted by Gasteiger charge is 2.30. The Morgan fingerprint density at radius 1 is 1.18 bits per heavy atom. The van der Waals surface area contributed by atoms with E-state index in [1.807, 2.05) is 0 Å². The molecule has 0 amide bonds. The molecule has 28 heavy (non-hydrogen) atoms. The molecule has 1 aliphatic heterocycles. The molecule has 5 rings (SSSR count). The van der Waals surface area contributed by atoms with Crippen LogP contribution in [-0.4, -0.2) is 41.7 Å². The van der Waals surface area contributed by atoms with E-state index in [1.54, 1.807) is 40.3 Å². The Hall–Kier alpha value is -2.97. The Morgan fingerprint density at radius 2 is 2.04 bits per heavy atom. The molecular weight excluding hydrogens is 358 g/mol. The molecule has 1 atom stereocenters. The van der Waals surface area contributed by atoms with Crippen molar-refractivity contribution in [3.05, 3.63) is 44.2 Å². The predicted molar refractivity (Wildman–Crippen MR) is 105 cm³/mol. The van der Waals surface area contributed by atoms with Crippen LogP contribution in [0.25, 0.3) is 11.0 Å². The third-order valence-corrected chi connectivity index (χ3v) is 5.99. The summed E-state index contributed by atoms with van der Waals surface area (Å²) in [5.74, 6) is 0.623. The van der Waals surface area contributed by atoms with Gasteiger partial charge in [0.05, 0.1) is 24.5 Å². The van der Waals surface area contributed by atoms with Gasteiger partial charge >= 0.3 is 0 Å². The maximum absolute atomic E-state index is 12.7. The average Bonchev–Trinajstić information content (AvgIpc) is 3.39. The zero-order chi connectivity index (χ0) is 19.4. The van der Waals surface area contributed by atoms with E-state index in [2.05, 4.69) is 15.1 Å². The van der Waals surface area contributed by atoms with E-state index in [0.717, 1.165) is 49.9 Å². The summed E-state index contributed by atoms with van der Waals surface area (Å²) in [6, 6.07) is 1.82. The van der Waals surface area contributed by atoms with Gasteiger partial charge in [0.1, 0.15) is 5.39 Å². The van der Waals surface area contributed by atoms with Gasteiger partial charge in [-0.25, -0.2) is 4.68 Å². The molecule has 0 bridgehead atoms. The van der Waals surface area contributed by atoms with Gasteiger partial charge in [-0.3, -0.25) is 18.8 Å².